The normalized spacial score (nSPS) is 10.8. The van der Waals surface area contributed by atoms with Gasteiger partial charge in [-0.15, -0.1) is 6.42 Å². The standard InChI is InChI=1S/C17H22N2O5S/c1-2-11-19-25(23,24)15-9-7-8-14(13-15)17(22)18-12-6-4-3-5-10-16(20)21/h1,7-9,13,19H,3-6,10-12H2,(H,18,22)(H,20,21). The molecular weight excluding hydrogens is 344 g/mol. The summed E-state index contributed by atoms with van der Waals surface area (Å²) in [6, 6.07) is 5.70. The number of rotatable bonds is 11. The molecule has 0 saturated heterocycles. The number of nitrogens with one attached hydrogen (secondary N) is 2. The minimum Gasteiger partial charge on any atom is -0.481 e. The number of carbonyl (C=O) groups excluding carboxylic acids is 1. The fourth-order valence-electron chi connectivity index (χ4n) is 2.08. The van der Waals surface area contributed by atoms with Crippen LogP contribution in [0.4, 0.5) is 0 Å². The summed E-state index contributed by atoms with van der Waals surface area (Å²) in [5, 5.41) is 11.2. The van der Waals surface area contributed by atoms with E-state index < -0.39 is 16.0 Å². The molecule has 0 saturated carbocycles. The van der Waals surface area contributed by atoms with E-state index in [2.05, 4.69) is 16.0 Å². The van der Waals surface area contributed by atoms with Gasteiger partial charge in [0, 0.05) is 18.5 Å². The van der Waals surface area contributed by atoms with Crippen molar-refractivity contribution in [2.45, 2.75) is 37.0 Å². The second kappa shape index (κ2) is 10.5. The monoisotopic (exact) mass is 366 g/mol. The number of amides is 1. The largest absolute Gasteiger partial charge is 0.481 e. The van der Waals surface area contributed by atoms with Crippen molar-refractivity contribution in [2.24, 2.45) is 0 Å². The molecule has 25 heavy (non-hydrogen) atoms. The highest BCUT2D eigenvalue weighted by Gasteiger charge is 2.15. The molecule has 0 aromatic heterocycles. The fraction of sp³-hybridized carbons (Fsp3) is 0.412. The highest BCUT2D eigenvalue weighted by atomic mass is 32.2. The maximum atomic E-state index is 12.1. The van der Waals surface area contributed by atoms with Crippen LogP contribution in [0, 0.1) is 12.3 Å². The zero-order valence-electron chi connectivity index (χ0n) is 13.8. The number of unbranched alkanes of at least 4 members (excludes halogenated alkanes) is 3. The summed E-state index contributed by atoms with van der Waals surface area (Å²) in [6.07, 6.45) is 8.14. The third-order valence-electron chi connectivity index (χ3n) is 3.37. The van der Waals surface area contributed by atoms with Crippen molar-refractivity contribution in [3.05, 3.63) is 29.8 Å². The van der Waals surface area contributed by atoms with Crippen molar-refractivity contribution in [3.8, 4) is 12.3 Å². The molecule has 0 aliphatic heterocycles. The lowest BCUT2D eigenvalue weighted by Gasteiger charge is -2.08. The minimum atomic E-state index is -3.74. The van der Waals surface area contributed by atoms with Crippen LogP contribution in [0.3, 0.4) is 0 Å². The third kappa shape index (κ3) is 7.83. The van der Waals surface area contributed by atoms with Gasteiger partial charge in [-0.3, -0.25) is 9.59 Å². The van der Waals surface area contributed by atoms with Crippen molar-refractivity contribution in [2.75, 3.05) is 13.1 Å². The molecule has 1 amide bonds. The molecule has 1 rings (SSSR count). The van der Waals surface area contributed by atoms with Gasteiger partial charge in [0.15, 0.2) is 0 Å². The van der Waals surface area contributed by atoms with Gasteiger partial charge in [0.1, 0.15) is 0 Å². The van der Waals surface area contributed by atoms with E-state index >= 15 is 0 Å². The van der Waals surface area contributed by atoms with Gasteiger partial charge in [-0.1, -0.05) is 24.8 Å². The molecule has 0 aliphatic rings. The second-order valence-corrected chi connectivity index (χ2v) is 7.14. The van der Waals surface area contributed by atoms with Gasteiger partial charge < -0.3 is 10.4 Å². The van der Waals surface area contributed by atoms with Crippen LogP contribution in [0.15, 0.2) is 29.2 Å². The van der Waals surface area contributed by atoms with E-state index in [9.17, 15) is 18.0 Å². The highest BCUT2D eigenvalue weighted by Crippen LogP contribution is 2.11. The first-order valence-electron chi connectivity index (χ1n) is 7.90. The lowest BCUT2D eigenvalue weighted by molar-refractivity contribution is -0.137. The summed E-state index contributed by atoms with van der Waals surface area (Å²) >= 11 is 0. The molecule has 0 fully saturated rings. The van der Waals surface area contributed by atoms with Gasteiger partial charge >= 0.3 is 5.97 Å². The third-order valence-corrected chi connectivity index (χ3v) is 4.77. The summed E-state index contributed by atoms with van der Waals surface area (Å²) < 4.78 is 26.2. The molecule has 136 valence electrons. The van der Waals surface area contributed by atoms with Crippen LogP contribution in [0.25, 0.3) is 0 Å². The molecule has 7 nitrogen and oxygen atoms in total. The maximum Gasteiger partial charge on any atom is 0.303 e. The van der Waals surface area contributed by atoms with Crippen molar-refractivity contribution in [3.63, 3.8) is 0 Å². The SMILES string of the molecule is C#CCNS(=O)(=O)c1cccc(C(=O)NCCCCCCC(=O)O)c1. The predicted octanol–water partition coefficient (Wildman–Crippen LogP) is 1.36. The predicted molar refractivity (Wildman–Crippen MR) is 93.5 cm³/mol. The number of terminal acetylenes is 1. The number of sulfonamides is 1. The number of hydrogen-bond acceptors (Lipinski definition) is 4. The van der Waals surface area contributed by atoms with E-state index in [1.54, 1.807) is 0 Å². The van der Waals surface area contributed by atoms with E-state index in [1.807, 2.05) is 0 Å². The number of aliphatic carboxylic acids is 1. The lowest BCUT2D eigenvalue weighted by Crippen LogP contribution is -2.26. The second-order valence-electron chi connectivity index (χ2n) is 5.37. The summed E-state index contributed by atoms with van der Waals surface area (Å²) in [5.41, 5.74) is 0.245. The molecule has 0 spiro atoms. The van der Waals surface area contributed by atoms with Crippen molar-refractivity contribution in [1.82, 2.24) is 10.0 Å². The van der Waals surface area contributed by atoms with Crippen molar-refractivity contribution >= 4 is 21.9 Å². The fourth-order valence-corrected chi connectivity index (χ4v) is 3.06. The first-order chi connectivity index (χ1) is 11.9. The number of benzene rings is 1. The van der Waals surface area contributed by atoms with Gasteiger partial charge in [0.25, 0.3) is 5.91 Å². The van der Waals surface area contributed by atoms with Crippen LogP contribution in [0.1, 0.15) is 42.5 Å². The molecule has 1 aromatic rings. The van der Waals surface area contributed by atoms with Crippen molar-refractivity contribution in [1.29, 1.82) is 0 Å². The van der Waals surface area contributed by atoms with Gasteiger partial charge in [0.2, 0.25) is 10.0 Å². The van der Waals surface area contributed by atoms with Gasteiger partial charge in [-0.05, 0) is 31.0 Å². The average Bonchev–Trinajstić information content (AvgIpc) is 2.59. The Morgan fingerprint density at radius 3 is 2.56 bits per heavy atom. The van der Waals surface area contributed by atoms with Crippen LogP contribution in [0.5, 0.6) is 0 Å². The Morgan fingerprint density at radius 1 is 1.16 bits per heavy atom. The first-order valence-corrected chi connectivity index (χ1v) is 9.38. The molecule has 0 unspecified atom stereocenters. The van der Waals surface area contributed by atoms with Crippen LogP contribution < -0.4 is 10.0 Å². The molecule has 0 bridgehead atoms. The summed E-state index contributed by atoms with van der Waals surface area (Å²) in [6.45, 7) is 0.318. The van der Waals surface area contributed by atoms with E-state index in [0.29, 0.717) is 13.0 Å². The van der Waals surface area contributed by atoms with Gasteiger partial charge in [-0.2, -0.15) is 4.72 Å². The molecule has 0 atom stereocenters. The molecule has 3 N–H and O–H groups in total. The maximum absolute atomic E-state index is 12.1. The topological polar surface area (TPSA) is 113 Å². The Bertz CT molecular complexity index is 738. The highest BCUT2D eigenvalue weighted by molar-refractivity contribution is 7.89. The minimum absolute atomic E-state index is 0.0240. The summed E-state index contributed by atoms with van der Waals surface area (Å²) in [7, 11) is -3.74. The zero-order valence-corrected chi connectivity index (χ0v) is 14.6. The summed E-state index contributed by atoms with van der Waals surface area (Å²) in [5.74, 6) is 1.02. The van der Waals surface area contributed by atoms with Crippen LogP contribution >= 0.6 is 0 Å². The zero-order chi connectivity index (χ0) is 18.7. The number of hydrogen-bond donors (Lipinski definition) is 3. The van der Waals surface area contributed by atoms with Crippen LogP contribution in [-0.2, 0) is 14.8 Å². The van der Waals surface area contributed by atoms with E-state index in [4.69, 9.17) is 11.5 Å². The molecule has 0 aliphatic carbocycles. The lowest BCUT2D eigenvalue weighted by atomic mass is 10.1. The summed E-state index contributed by atoms with van der Waals surface area (Å²) in [4.78, 5) is 22.4. The average molecular weight is 366 g/mol. The first kappa shape index (κ1) is 20.7. The smallest absolute Gasteiger partial charge is 0.303 e. The molecular formula is C17H22N2O5S. The van der Waals surface area contributed by atoms with E-state index in [0.717, 1.165) is 19.3 Å². The van der Waals surface area contributed by atoms with Gasteiger partial charge in [0.05, 0.1) is 11.4 Å². The molecule has 8 heteroatoms. The van der Waals surface area contributed by atoms with Gasteiger partial charge in [-0.25, -0.2) is 8.42 Å². The Hall–Kier alpha value is -2.37. The van der Waals surface area contributed by atoms with E-state index in [-0.39, 0.29) is 29.3 Å². The Kier molecular flexibility index (Phi) is 8.67. The number of carboxylic acids is 1. The molecule has 0 radical (unpaired) electrons. The Labute approximate surface area is 147 Å². The molecule has 0 heterocycles. The van der Waals surface area contributed by atoms with E-state index in [1.165, 1.54) is 24.3 Å². The Balaban J connectivity index is 2.47. The quantitative estimate of drug-likeness (QED) is 0.404. The number of carbonyl (C=O) groups is 2. The van der Waals surface area contributed by atoms with Crippen LogP contribution in [0.2, 0.25) is 0 Å². The van der Waals surface area contributed by atoms with Crippen molar-refractivity contribution < 1.29 is 23.1 Å². The van der Waals surface area contributed by atoms with Crippen LogP contribution in [-0.4, -0.2) is 38.5 Å². The molecule has 1 aromatic carbocycles. The Morgan fingerprint density at radius 2 is 1.88 bits per heavy atom. The number of carboxylic acid groups (broad SMARTS) is 1.